The van der Waals surface area contributed by atoms with E-state index in [0.29, 0.717) is 19.5 Å². The van der Waals surface area contributed by atoms with E-state index in [9.17, 15) is 19.5 Å². The molecule has 3 aliphatic rings. The number of carboxylic acid groups (broad SMARTS) is 1. The van der Waals surface area contributed by atoms with Crippen LogP contribution in [0.3, 0.4) is 0 Å². The number of aliphatic carboxylic acids is 1. The van der Waals surface area contributed by atoms with Gasteiger partial charge in [0.05, 0.1) is 17.3 Å². The van der Waals surface area contributed by atoms with E-state index in [1.54, 1.807) is 11.8 Å². The second-order valence-corrected chi connectivity index (χ2v) is 6.77. The van der Waals surface area contributed by atoms with Gasteiger partial charge in [0.25, 0.3) is 0 Å². The molecule has 3 unspecified atom stereocenters. The number of carbonyl (C=O) groups is 3. The highest BCUT2D eigenvalue weighted by atomic mass is 16.4. The van der Waals surface area contributed by atoms with E-state index < -0.39 is 29.1 Å². The Hall–Kier alpha value is -1.85. The van der Waals surface area contributed by atoms with Gasteiger partial charge < -0.3 is 15.7 Å². The van der Waals surface area contributed by atoms with Gasteiger partial charge >= 0.3 is 5.97 Å². The fourth-order valence-electron chi connectivity index (χ4n) is 4.06. The van der Waals surface area contributed by atoms with Crippen LogP contribution in [0, 0.1) is 29.1 Å². The van der Waals surface area contributed by atoms with E-state index in [4.69, 9.17) is 5.73 Å². The molecule has 2 fully saturated rings. The Balaban J connectivity index is 1.79. The average molecular weight is 292 g/mol. The Bertz CT molecular complexity index is 544. The first-order valence-electron chi connectivity index (χ1n) is 7.33. The molecule has 2 aliphatic carbocycles. The molecule has 0 aromatic rings. The second kappa shape index (κ2) is 4.58. The number of carbonyl (C=O) groups excluding carboxylic acids is 2. The molecule has 3 rings (SSSR count). The van der Waals surface area contributed by atoms with Crippen molar-refractivity contribution in [3.05, 3.63) is 12.2 Å². The van der Waals surface area contributed by atoms with Crippen LogP contribution < -0.4 is 5.73 Å². The van der Waals surface area contributed by atoms with Gasteiger partial charge in [-0.1, -0.05) is 12.2 Å². The molecule has 114 valence electrons. The maximum absolute atomic E-state index is 12.7. The number of primary amides is 1. The van der Waals surface area contributed by atoms with Crippen molar-refractivity contribution in [1.29, 1.82) is 0 Å². The van der Waals surface area contributed by atoms with E-state index >= 15 is 0 Å². The van der Waals surface area contributed by atoms with Crippen LogP contribution in [0.4, 0.5) is 0 Å². The van der Waals surface area contributed by atoms with Crippen LogP contribution in [0.25, 0.3) is 0 Å². The third-order valence-corrected chi connectivity index (χ3v) is 5.41. The number of amides is 2. The van der Waals surface area contributed by atoms with Crippen LogP contribution in [-0.2, 0) is 14.4 Å². The van der Waals surface area contributed by atoms with Crippen molar-refractivity contribution in [1.82, 2.24) is 4.90 Å². The minimum absolute atomic E-state index is 0.0176. The van der Waals surface area contributed by atoms with Crippen LogP contribution in [-0.4, -0.2) is 40.9 Å². The first-order valence-corrected chi connectivity index (χ1v) is 7.33. The number of likely N-dealkylation sites (tertiary alicyclic amines) is 1. The number of carboxylic acids is 1. The lowest BCUT2D eigenvalue weighted by Gasteiger charge is -2.29. The molecule has 1 saturated carbocycles. The molecule has 2 bridgehead atoms. The quantitative estimate of drug-likeness (QED) is 0.727. The Morgan fingerprint density at radius 1 is 1.24 bits per heavy atom. The highest BCUT2D eigenvalue weighted by Gasteiger charge is 2.54. The standard InChI is InChI=1S/C15H20N2O4/c1-15(14(16)21)4-5-17(7-15)12(18)10-8-2-3-9(6-8)11(10)13(19)20/h2-3,8-11H,4-7H2,1H3,(H2,16,21)(H,19,20)/t8?,9?,10-,11+,15?/m0/s1. The topological polar surface area (TPSA) is 101 Å². The van der Waals surface area contributed by atoms with E-state index in [2.05, 4.69) is 0 Å². The van der Waals surface area contributed by atoms with Crippen LogP contribution >= 0.6 is 0 Å². The Labute approximate surface area is 123 Å². The smallest absolute Gasteiger partial charge is 0.307 e. The molecular weight excluding hydrogens is 272 g/mol. The van der Waals surface area contributed by atoms with Gasteiger partial charge in [0.1, 0.15) is 0 Å². The molecule has 0 spiro atoms. The molecule has 5 atom stereocenters. The minimum Gasteiger partial charge on any atom is -0.481 e. The highest BCUT2D eigenvalue weighted by molar-refractivity contribution is 5.88. The van der Waals surface area contributed by atoms with Crippen LogP contribution in [0.5, 0.6) is 0 Å². The van der Waals surface area contributed by atoms with E-state index in [-0.39, 0.29) is 17.7 Å². The lowest BCUT2D eigenvalue weighted by Crippen LogP contribution is -2.44. The lowest BCUT2D eigenvalue weighted by molar-refractivity contribution is -0.150. The summed E-state index contributed by atoms with van der Waals surface area (Å²) in [7, 11) is 0. The summed E-state index contributed by atoms with van der Waals surface area (Å²) < 4.78 is 0. The molecule has 3 N–H and O–H groups in total. The van der Waals surface area contributed by atoms with Crippen molar-refractivity contribution in [2.75, 3.05) is 13.1 Å². The van der Waals surface area contributed by atoms with Gasteiger partial charge in [-0.05, 0) is 31.6 Å². The van der Waals surface area contributed by atoms with Gasteiger partial charge in [-0.15, -0.1) is 0 Å². The zero-order valence-corrected chi connectivity index (χ0v) is 12.0. The molecular formula is C15H20N2O4. The molecule has 1 aliphatic heterocycles. The molecule has 1 saturated heterocycles. The molecule has 0 aromatic carbocycles. The van der Waals surface area contributed by atoms with Gasteiger partial charge in [0, 0.05) is 13.1 Å². The predicted octanol–water partition coefficient (Wildman–Crippen LogP) is 0.233. The van der Waals surface area contributed by atoms with Crippen LogP contribution in [0.2, 0.25) is 0 Å². The van der Waals surface area contributed by atoms with E-state index in [1.807, 2.05) is 12.2 Å². The van der Waals surface area contributed by atoms with E-state index in [1.165, 1.54) is 0 Å². The number of hydrogen-bond donors (Lipinski definition) is 2. The first kappa shape index (κ1) is 14.1. The molecule has 1 heterocycles. The molecule has 6 heteroatoms. The number of allylic oxidation sites excluding steroid dienone is 2. The summed E-state index contributed by atoms with van der Waals surface area (Å²) in [5, 5.41) is 9.41. The van der Waals surface area contributed by atoms with E-state index in [0.717, 1.165) is 6.42 Å². The monoisotopic (exact) mass is 292 g/mol. The maximum atomic E-state index is 12.7. The molecule has 21 heavy (non-hydrogen) atoms. The SMILES string of the molecule is CC1(C(N)=O)CCN(C(=O)[C@H]2C3C=CC(C3)[C@H]2C(=O)O)C1. The number of fused-ring (bicyclic) bond motifs is 2. The number of hydrogen-bond acceptors (Lipinski definition) is 3. The van der Waals surface area contributed by atoms with Crippen LogP contribution in [0.15, 0.2) is 12.2 Å². The fraction of sp³-hybridized carbons (Fsp3) is 0.667. The summed E-state index contributed by atoms with van der Waals surface area (Å²) in [6.07, 6.45) is 5.18. The molecule has 6 nitrogen and oxygen atoms in total. The third kappa shape index (κ3) is 2.04. The third-order valence-electron chi connectivity index (χ3n) is 5.41. The summed E-state index contributed by atoms with van der Waals surface area (Å²) >= 11 is 0. The van der Waals surface area contributed by atoms with Crippen molar-refractivity contribution >= 4 is 17.8 Å². The van der Waals surface area contributed by atoms with Crippen molar-refractivity contribution in [2.45, 2.75) is 19.8 Å². The van der Waals surface area contributed by atoms with Gasteiger partial charge in [0.15, 0.2) is 0 Å². The largest absolute Gasteiger partial charge is 0.481 e. The molecule has 2 amide bonds. The van der Waals surface area contributed by atoms with Crippen LogP contribution in [0.1, 0.15) is 19.8 Å². The fourth-order valence-corrected chi connectivity index (χ4v) is 4.06. The zero-order chi connectivity index (χ0) is 15.4. The van der Waals surface area contributed by atoms with Gasteiger partial charge in [-0.2, -0.15) is 0 Å². The first-order chi connectivity index (χ1) is 9.83. The minimum atomic E-state index is -0.901. The summed E-state index contributed by atoms with van der Waals surface area (Å²) in [6.45, 7) is 2.53. The number of nitrogens with two attached hydrogens (primary N) is 1. The molecule has 0 radical (unpaired) electrons. The van der Waals surface area contributed by atoms with Crippen molar-refractivity contribution in [3.8, 4) is 0 Å². The summed E-state index contributed by atoms with van der Waals surface area (Å²) in [5.41, 5.74) is 4.71. The van der Waals surface area contributed by atoms with Gasteiger partial charge in [-0.25, -0.2) is 0 Å². The van der Waals surface area contributed by atoms with Crippen molar-refractivity contribution in [2.24, 2.45) is 34.8 Å². The normalized spacial score (nSPS) is 40.7. The lowest BCUT2D eigenvalue weighted by atomic mass is 9.82. The Morgan fingerprint density at radius 2 is 1.86 bits per heavy atom. The van der Waals surface area contributed by atoms with Gasteiger partial charge in [-0.3, -0.25) is 14.4 Å². The summed E-state index contributed by atoms with van der Waals surface area (Å²) in [4.78, 5) is 37.3. The van der Waals surface area contributed by atoms with Crippen molar-refractivity contribution in [3.63, 3.8) is 0 Å². The Kier molecular flexibility index (Phi) is 3.07. The average Bonchev–Trinajstić information content (AvgIpc) is 3.10. The summed E-state index contributed by atoms with van der Waals surface area (Å²) in [5.74, 6) is -2.58. The maximum Gasteiger partial charge on any atom is 0.307 e. The second-order valence-electron chi connectivity index (χ2n) is 6.77. The Morgan fingerprint density at radius 3 is 2.38 bits per heavy atom. The molecule has 0 aromatic heterocycles. The highest BCUT2D eigenvalue weighted by Crippen LogP contribution is 2.49. The number of nitrogens with zero attached hydrogens (tertiary/aromatic N) is 1. The number of rotatable bonds is 3. The summed E-state index contributed by atoms with van der Waals surface area (Å²) in [6, 6.07) is 0. The zero-order valence-electron chi connectivity index (χ0n) is 12.0. The van der Waals surface area contributed by atoms with Crippen molar-refractivity contribution < 1.29 is 19.5 Å². The van der Waals surface area contributed by atoms with Gasteiger partial charge in [0.2, 0.25) is 11.8 Å². The predicted molar refractivity (Wildman–Crippen MR) is 73.9 cm³/mol.